The van der Waals surface area contributed by atoms with Gasteiger partial charge in [0.25, 0.3) is 0 Å². The van der Waals surface area contributed by atoms with Gasteiger partial charge in [-0.25, -0.2) is 9.99 Å². The second kappa shape index (κ2) is 5.39. The van der Waals surface area contributed by atoms with Gasteiger partial charge in [0.15, 0.2) is 5.82 Å². The maximum Gasteiger partial charge on any atom is 0.161 e. The number of nitrogens with zero attached hydrogens (tertiary/aromatic N) is 2. The molecule has 1 heterocycles. The van der Waals surface area contributed by atoms with Crippen LogP contribution in [0.2, 0.25) is 10.0 Å². The van der Waals surface area contributed by atoms with Crippen LogP contribution in [0.5, 0.6) is 0 Å². The number of aromatic nitrogens is 1. The van der Waals surface area contributed by atoms with Gasteiger partial charge in [-0.1, -0.05) is 23.2 Å². The van der Waals surface area contributed by atoms with Gasteiger partial charge in [-0.15, -0.1) is 0 Å². The lowest BCUT2D eigenvalue weighted by molar-refractivity contribution is 0.492. The highest BCUT2D eigenvalue weighted by atomic mass is 35.5. The minimum Gasteiger partial charge on any atom is -0.369 e. The highest BCUT2D eigenvalue weighted by molar-refractivity contribution is 6.37. The standard InChI is InChI=1S/C9H14Cl2N4/c1-4-12-8-6(10)5-7(11)9(13-8)14-15(2)3/h5H,4H2,1-3H3,(H2,12,13,14). The molecule has 15 heavy (non-hydrogen) atoms. The van der Waals surface area contributed by atoms with Crippen LogP contribution in [-0.4, -0.2) is 30.6 Å². The van der Waals surface area contributed by atoms with Crippen molar-refractivity contribution in [3.63, 3.8) is 0 Å². The van der Waals surface area contributed by atoms with Gasteiger partial charge < -0.3 is 10.7 Å². The van der Waals surface area contributed by atoms with Crippen molar-refractivity contribution in [1.82, 2.24) is 9.99 Å². The molecule has 0 fully saturated rings. The molecular weight excluding hydrogens is 235 g/mol. The number of hydrogen-bond donors (Lipinski definition) is 2. The Morgan fingerprint density at radius 1 is 1.27 bits per heavy atom. The van der Waals surface area contributed by atoms with E-state index in [4.69, 9.17) is 23.2 Å². The molecule has 1 aromatic rings. The Morgan fingerprint density at radius 3 is 2.40 bits per heavy atom. The van der Waals surface area contributed by atoms with E-state index in [0.717, 1.165) is 6.54 Å². The summed E-state index contributed by atoms with van der Waals surface area (Å²) in [5, 5.41) is 5.83. The third-order valence-corrected chi connectivity index (χ3v) is 2.18. The molecule has 0 spiro atoms. The molecule has 0 atom stereocenters. The van der Waals surface area contributed by atoms with Gasteiger partial charge in [-0.3, -0.25) is 0 Å². The predicted molar refractivity (Wildman–Crippen MR) is 65.7 cm³/mol. The molecule has 0 radical (unpaired) electrons. The first-order valence-corrected chi connectivity index (χ1v) is 5.34. The summed E-state index contributed by atoms with van der Waals surface area (Å²) < 4.78 is 0. The van der Waals surface area contributed by atoms with Crippen molar-refractivity contribution in [1.29, 1.82) is 0 Å². The Labute approximate surface area is 99.5 Å². The van der Waals surface area contributed by atoms with Gasteiger partial charge in [0.2, 0.25) is 0 Å². The third kappa shape index (κ3) is 3.41. The SMILES string of the molecule is CCNc1nc(NN(C)C)c(Cl)cc1Cl. The highest BCUT2D eigenvalue weighted by Crippen LogP contribution is 2.29. The summed E-state index contributed by atoms with van der Waals surface area (Å²) in [7, 11) is 3.72. The van der Waals surface area contributed by atoms with Gasteiger partial charge in [0.1, 0.15) is 5.82 Å². The van der Waals surface area contributed by atoms with Gasteiger partial charge in [-0.05, 0) is 13.0 Å². The van der Waals surface area contributed by atoms with Crippen LogP contribution in [0, 0.1) is 0 Å². The Balaban J connectivity index is 3.00. The quantitative estimate of drug-likeness (QED) is 0.805. The minimum absolute atomic E-state index is 0.496. The number of anilines is 2. The van der Waals surface area contributed by atoms with Crippen LogP contribution < -0.4 is 10.7 Å². The van der Waals surface area contributed by atoms with E-state index >= 15 is 0 Å². The van der Waals surface area contributed by atoms with Crippen LogP contribution >= 0.6 is 23.2 Å². The summed E-state index contributed by atoms with van der Waals surface area (Å²) in [6.07, 6.45) is 0. The molecule has 0 aliphatic carbocycles. The zero-order valence-corrected chi connectivity index (χ0v) is 10.4. The number of nitrogens with one attached hydrogen (secondary N) is 2. The van der Waals surface area contributed by atoms with Crippen LogP contribution in [0.1, 0.15) is 6.92 Å². The van der Waals surface area contributed by atoms with Crippen molar-refractivity contribution in [3.05, 3.63) is 16.1 Å². The Hall–Kier alpha value is -0.710. The Kier molecular flexibility index (Phi) is 4.45. The van der Waals surface area contributed by atoms with Crippen LogP contribution in [0.15, 0.2) is 6.07 Å². The monoisotopic (exact) mass is 248 g/mol. The molecule has 0 saturated heterocycles. The van der Waals surface area contributed by atoms with E-state index in [1.807, 2.05) is 21.0 Å². The first kappa shape index (κ1) is 12.4. The molecule has 0 unspecified atom stereocenters. The van der Waals surface area contributed by atoms with Crippen molar-refractivity contribution >= 4 is 34.8 Å². The van der Waals surface area contributed by atoms with Crippen molar-refractivity contribution in [2.24, 2.45) is 0 Å². The van der Waals surface area contributed by atoms with E-state index in [1.165, 1.54) is 0 Å². The molecule has 0 aliphatic heterocycles. The predicted octanol–water partition coefficient (Wildman–Crippen LogP) is 2.71. The largest absolute Gasteiger partial charge is 0.369 e. The summed E-state index contributed by atoms with van der Waals surface area (Å²) in [4.78, 5) is 4.27. The molecular formula is C9H14Cl2N4. The normalized spacial score (nSPS) is 10.5. The zero-order chi connectivity index (χ0) is 11.4. The van der Waals surface area contributed by atoms with Crippen molar-refractivity contribution in [2.75, 3.05) is 31.4 Å². The third-order valence-electron chi connectivity index (χ3n) is 1.60. The Bertz CT molecular complexity index is 341. The van der Waals surface area contributed by atoms with E-state index in [9.17, 15) is 0 Å². The van der Waals surface area contributed by atoms with Gasteiger partial charge >= 0.3 is 0 Å². The average Bonchev–Trinajstić information content (AvgIpc) is 2.12. The molecule has 0 saturated carbocycles. The molecule has 0 aromatic carbocycles. The summed E-state index contributed by atoms with van der Waals surface area (Å²) in [5.74, 6) is 1.22. The first-order chi connectivity index (χ1) is 7.04. The van der Waals surface area contributed by atoms with Gasteiger partial charge in [0, 0.05) is 20.6 Å². The summed E-state index contributed by atoms with van der Waals surface area (Å²) in [5.41, 5.74) is 2.99. The lowest BCUT2D eigenvalue weighted by Crippen LogP contribution is -2.21. The van der Waals surface area contributed by atoms with Gasteiger partial charge in [0.05, 0.1) is 10.0 Å². The number of halogens is 2. The fraction of sp³-hybridized carbons (Fsp3) is 0.444. The minimum atomic E-state index is 0.496. The molecule has 2 N–H and O–H groups in total. The molecule has 1 aromatic heterocycles. The van der Waals surface area contributed by atoms with Crippen molar-refractivity contribution < 1.29 is 0 Å². The van der Waals surface area contributed by atoms with Crippen LogP contribution in [0.3, 0.4) is 0 Å². The van der Waals surface area contributed by atoms with E-state index in [0.29, 0.717) is 21.7 Å². The molecule has 6 heteroatoms. The molecule has 1 rings (SSSR count). The van der Waals surface area contributed by atoms with Crippen LogP contribution in [0.4, 0.5) is 11.6 Å². The van der Waals surface area contributed by atoms with Crippen molar-refractivity contribution in [3.8, 4) is 0 Å². The van der Waals surface area contributed by atoms with Gasteiger partial charge in [-0.2, -0.15) is 0 Å². The average molecular weight is 249 g/mol. The fourth-order valence-electron chi connectivity index (χ4n) is 1.05. The van der Waals surface area contributed by atoms with E-state index < -0.39 is 0 Å². The highest BCUT2D eigenvalue weighted by Gasteiger charge is 2.08. The van der Waals surface area contributed by atoms with E-state index in [-0.39, 0.29) is 0 Å². The molecule has 0 amide bonds. The smallest absolute Gasteiger partial charge is 0.161 e. The number of rotatable bonds is 4. The lowest BCUT2D eigenvalue weighted by Gasteiger charge is -2.15. The fourth-order valence-corrected chi connectivity index (χ4v) is 1.52. The maximum atomic E-state index is 5.98. The molecule has 84 valence electrons. The second-order valence-electron chi connectivity index (χ2n) is 3.19. The maximum absolute atomic E-state index is 5.98. The summed E-state index contributed by atoms with van der Waals surface area (Å²) in [6, 6.07) is 1.67. The van der Waals surface area contributed by atoms with E-state index in [2.05, 4.69) is 15.7 Å². The van der Waals surface area contributed by atoms with Crippen molar-refractivity contribution in [2.45, 2.75) is 6.92 Å². The lowest BCUT2D eigenvalue weighted by atomic mass is 10.4. The second-order valence-corrected chi connectivity index (χ2v) is 4.00. The zero-order valence-electron chi connectivity index (χ0n) is 8.93. The number of hydrogen-bond acceptors (Lipinski definition) is 4. The number of pyridine rings is 1. The molecule has 4 nitrogen and oxygen atoms in total. The van der Waals surface area contributed by atoms with Crippen LogP contribution in [0.25, 0.3) is 0 Å². The topological polar surface area (TPSA) is 40.2 Å². The number of hydrazine groups is 1. The summed E-state index contributed by atoms with van der Waals surface area (Å²) >= 11 is 11.9. The van der Waals surface area contributed by atoms with E-state index in [1.54, 1.807) is 11.1 Å². The Morgan fingerprint density at radius 2 is 1.87 bits per heavy atom. The molecule has 0 bridgehead atoms. The van der Waals surface area contributed by atoms with Crippen LogP contribution in [-0.2, 0) is 0 Å². The first-order valence-electron chi connectivity index (χ1n) is 4.58. The molecule has 0 aliphatic rings. The summed E-state index contributed by atoms with van der Waals surface area (Å²) in [6.45, 7) is 2.74.